The van der Waals surface area contributed by atoms with Gasteiger partial charge in [-0.25, -0.2) is 0 Å². The number of hydrogen-bond acceptors (Lipinski definition) is 2. The summed E-state index contributed by atoms with van der Waals surface area (Å²) < 4.78 is 5.92. The Morgan fingerprint density at radius 3 is 2.75 bits per heavy atom. The first kappa shape index (κ1) is 11.5. The monoisotopic (exact) mass is 283 g/mol. The zero-order chi connectivity index (χ0) is 11.5. The normalized spacial score (nSPS) is 15.4. The maximum absolute atomic E-state index is 11.8. The minimum atomic E-state index is -0.00643. The molecule has 0 atom stereocenters. The largest absolute Gasteiger partial charge is 0.496 e. The van der Waals surface area contributed by atoms with Crippen LogP contribution >= 0.6 is 15.9 Å². The van der Waals surface area contributed by atoms with Gasteiger partial charge in [-0.05, 0) is 53.4 Å². The van der Waals surface area contributed by atoms with Crippen molar-refractivity contribution in [3.63, 3.8) is 0 Å². The summed E-state index contributed by atoms with van der Waals surface area (Å²) in [6, 6.07) is 5.72. The quantitative estimate of drug-likeness (QED) is 0.926. The van der Waals surface area contributed by atoms with Gasteiger partial charge in [0, 0.05) is 11.6 Å². The van der Waals surface area contributed by atoms with Crippen LogP contribution in [0.4, 0.5) is 0 Å². The minimum Gasteiger partial charge on any atom is -0.496 e. The fraction of sp³-hybridized carbons (Fsp3) is 0.417. The average molecular weight is 284 g/mol. The Morgan fingerprint density at radius 2 is 2.25 bits per heavy atom. The van der Waals surface area contributed by atoms with Crippen molar-refractivity contribution >= 4 is 21.8 Å². The number of nitrogens with one attached hydrogen (secondary N) is 1. The molecule has 0 heterocycles. The minimum absolute atomic E-state index is 0.00643. The zero-order valence-electron chi connectivity index (χ0n) is 9.13. The van der Waals surface area contributed by atoms with Gasteiger partial charge in [0.2, 0.25) is 0 Å². The van der Waals surface area contributed by atoms with Crippen LogP contribution in [0.3, 0.4) is 0 Å². The predicted octanol–water partition coefficient (Wildman–Crippen LogP) is 2.74. The molecule has 1 aliphatic carbocycles. The molecule has 0 unspecified atom stereocenters. The Hall–Kier alpha value is -1.03. The van der Waals surface area contributed by atoms with Gasteiger partial charge in [-0.1, -0.05) is 0 Å². The van der Waals surface area contributed by atoms with E-state index in [9.17, 15) is 4.79 Å². The Kier molecular flexibility index (Phi) is 3.49. The number of ether oxygens (including phenoxy) is 1. The van der Waals surface area contributed by atoms with Gasteiger partial charge in [0.1, 0.15) is 5.75 Å². The van der Waals surface area contributed by atoms with Gasteiger partial charge >= 0.3 is 0 Å². The first-order valence-corrected chi connectivity index (χ1v) is 6.14. The van der Waals surface area contributed by atoms with Crippen molar-refractivity contribution < 1.29 is 9.53 Å². The molecule has 3 nitrogen and oxygen atoms in total. The molecule has 1 saturated carbocycles. The lowest BCUT2D eigenvalue weighted by Crippen LogP contribution is -2.39. The second-order valence-electron chi connectivity index (χ2n) is 3.95. The maximum atomic E-state index is 11.8. The van der Waals surface area contributed by atoms with Crippen LogP contribution in [-0.2, 0) is 0 Å². The Balaban J connectivity index is 2.07. The van der Waals surface area contributed by atoms with Gasteiger partial charge in [-0.15, -0.1) is 0 Å². The molecule has 1 aliphatic rings. The van der Waals surface area contributed by atoms with Crippen molar-refractivity contribution in [2.45, 2.75) is 25.3 Å². The van der Waals surface area contributed by atoms with E-state index in [1.807, 2.05) is 0 Å². The van der Waals surface area contributed by atoms with Gasteiger partial charge in [-0.2, -0.15) is 0 Å². The zero-order valence-corrected chi connectivity index (χ0v) is 10.7. The molecule has 0 saturated heterocycles. The van der Waals surface area contributed by atoms with E-state index in [-0.39, 0.29) is 5.91 Å². The van der Waals surface area contributed by atoms with Gasteiger partial charge in [0.25, 0.3) is 5.91 Å². The summed E-state index contributed by atoms with van der Waals surface area (Å²) in [5.74, 6) is 0.730. The second kappa shape index (κ2) is 4.87. The summed E-state index contributed by atoms with van der Waals surface area (Å²) >= 11 is 3.37. The Labute approximate surface area is 103 Å². The van der Waals surface area contributed by atoms with Gasteiger partial charge in [0.15, 0.2) is 0 Å². The average Bonchev–Trinajstić information content (AvgIpc) is 2.23. The number of benzene rings is 1. The first-order valence-electron chi connectivity index (χ1n) is 5.35. The Bertz CT molecular complexity index is 402. The van der Waals surface area contributed by atoms with Crippen molar-refractivity contribution in [1.29, 1.82) is 0 Å². The van der Waals surface area contributed by atoms with Crippen LogP contribution < -0.4 is 10.1 Å². The third-order valence-corrected chi connectivity index (χ3v) is 3.47. The van der Waals surface area contributed by atoms with Crippen LogP contribution in [0.15, 0.2) is 22.7 Å². The molecule has 0 bridgehead atoms. The van der Waals surface area contributed by atoms with E-state index < -0.39 is 0 Å². The van der Waals surface area contributed by atoms with Crippen LogP contribution in [0.25, 0.3) is 0 Å². The van der Waals surface area contributed by atoms with E-state index >= 15 is 0 Å². The smallest absolute Gasteiger partial charge is 0.251 e. The molecule has 1 aromatic rings. The van der Waals surface area contributed by atoms with E-state index in [0.717, 1.165) is 23.1 Å². The van der Waals surface area contributed by atoms with E-state index in [1.165, 1.54) is 6.42 Å². The molecule has 1 aromatic carbocycles. The number of halogens is 1. The molecule has 0 spiro atoms. The summed E-state index contributed by atoms with van der Waals surface area (Å²) in [6.07, 6.45) is 3.42. The van der Waals surface area contributed by atoms with Crippen molar-refractivity contribution in [2.24, 2.45) is 0 Å². The number of amides is 1. The third-order valence-electron chi connectivity index (χ3n) is 2.85. The van der Waals surface area contributed by atoms with Crippen molar-refractivity contribution in [3.8, 4) is 5.75 Å². The van der Waals surface area contributed by atoms with Crippen LogP contribution in [0.5, 0.6) is 5.75 Å². The number of carbonyl (C=O) groups is 1. The molecule has 0 radical (unpaired) electrons. The summed E-state index contributed by atoms with van der Waals surface area (Å²) in [5, 5.41) is 3.00. The SMILES string of the molecule is COc1ccc(C(=O)NC2CCC2)cc1Br. The third kappa shape index (κ3) is 2.38. The molecule has 0 aromatic heterocycles. The van der Waals surface area contributed by atoms with Crippen molar-refractivity contribution in [1.82, 2.24) is 5.32 Å². The molecule has 0 aliphatic heterocycles. The summed E-state index contributed by atoms with van der Waals surface area (Å²) in [6.45, 7) is 0. The van der Waals surface area contributed by atoms with Crippen LogP contribution in [0, 0.1) is 0 Å². The standard InChI is InChI=1S/C12H14BrNO2/c1-16-11-6-5-8(7-10(11)13)12(15)14-9-3-2-4-9/h5-7,9H,2-4H2,1H3,(H,14,15). The molecule has 4 heteroatoms. The fourth-order valence-corrected chi connectivity index (χ4v) is 2.17. The molecular weight excluding hydrogens is 270 g/mol. The van der Waals surface area contributed by atoms with E-state index in [0.29, 0.717) is 11.6 Å². The van der Waals surface area contributed by atoms with E-state index in [1.54, 1.807) is 25.3 Å². The lowest BCUT2D eigenvalue weighted by Gasteiger charge is -2.26. The summed E-state index contributed by atoms with van der Waals surface area (Å²) in [5.41, 5.74) is 0.666. The Morgan fingerprint density at radius 1 is 1.50 bits per heavy atom. The van der Waals surface area contributed by atoms with Crippen LogP contribution in [0.1, 0.15) is 29.6 Å². The maximum Gasteiger partial charge on any atom is 0.251 e. The van der Waals surface area contributed by atoms with E-state index in [4.69, 9.17) is 4.74 Å². The fourth-order valence-electron chi connectivity index (χ4n) is 1.63. The molecule has 1 N–H and O–H groups in total. The molecule has 1 fully saturated rings. The number of methoxy groups -OCH3 is 1. The van der Waals surface area contributed by atoms with Crippen molar-refractivity contribution in [3.05, 3.63) is 28.2 Å². The topological polar surface area (TPSA) is 38.3 Å². The molecule has 16 heavy (non-hydrogen) atoms. The van der Waals surface area contributed by atoms with Gasteiger partial charge in [0.05, 0.1) is 11.6 Å². The molecule has 86 valence electrons. The van der Waals surface area contributed by atoms with E-state index in [2.05, 4.69) is 21.2 Å². The molecular formula is C12H14BrNO2. The highest BCUT2D eigenvalue weighted by atomic mass is 79.9. The summed E-state index contributed by atoms with van der Waals surface area (Å²) in [4.78, 5) is 11.8. The predicted molar refractivity (Wildman–Crippen MR) is 65.8 cm³/mol. The van der Waals surface area contributed by atoms with Crippen LogP contribution in [0.2, 0.25) is 0 Å². The second-order valence-corrected chi connectivity index (χ2v) is 4.80. The van der Waals surface area contributed by atoms with Gasteiger partial charge < -0.3 is 10.1 Å². The first-order chi connectivity index (χ1) is 7.70. The highest BCUT2D eigenvalue weighted by Gasteiger charge is 2.20. The molecule has 2 rings (SSSR count). The number of hydrogen-bond donors (Lipinski definition) is 1. The number of carbonyl (C=O) groups excluding carboxylic acids is 1. The lowest BCUT2D eigenvalue weighted by atomic mass is 9.93. The van der Waals surface area contributed by atoms with Crippen molar-refractivity contribution in [2.75, 3.05) is 7.11 Å². The summed E-state index contributed by atoms with van der Waals surface area (Å²) in [7, 11) is 1.61. The van der Waals surface area contributed by atoms with Gasteiger partial charge in [-0.3, -0.25) is 4.79 Å². The lowest BCUT2D eigenvalue weighted by molar-refractivity contribution is 0.0917. The van der Waals surface area contributed by atoms with Crippen LogP contribution in [-0.4, -0.2) is 19.1 Å². The molecule has 1 amide bonds. The highest BCUT2D eigenvalue weighted by molar-refractivity contribution is 9.10. The highest BCUT2D eigenvalue weighted by Crippen LogP contribution is 2.26. The number of rotatable bonds is 3.